The Kier molecular flexibility index (Phi) is 4.38. The van der Waals surface area contributed by atoms with Gasteiger partial charge >= 0.3 is 0 Å². The molecule has 3 aromatic carbocycles. The summed E-state index contributed by atoms with van der Waals surface area (Å²) in [4.78, 5) is 16.8. The first-order chi connectivity index (χ1) is 13.0. The Labute approximate surface area is 159 Å². The molecule has 0 aliphatic heterocycles. The summed E-state index contributed by atoms with van der Waals surface area (Å²) in [5, 5.41) is 2.97. The molecule has 0 bridgehead atoms. The van der Waals surface area contributed by atoms with Crippen molar-refractivity contribution >= 4 is 34.3 Å². The number of anilines is 1. The molecule has 0 unspecified atom stereocenters. The molecule has 1 N–H and O–H groups in total. The third-order valence-corrected chi connectivity index (χ3v) is 4.45. The minimum atomic E-state index is -0.600. The molecule has 0 atom stereocenters. The van der Waals surface area contributed by atoms with Crippen molar-refractivity contribution in [2.75, 3.05) is 5.32 Å². The number of halogens is 2. The number of aryl methyl sites for hydroxylation is 1. The summed E-state index contributed by atoms with van der Waals surface area (Å²) in [6, 6.07) is 16.5. The molecule has 0 fully saturated rings. The van der Waals surface area contributed by atoms with E-state index in [9.17, 15) is 9.18 Å². The molecule has 0 radical (unpaired) electrons. The van der Waals surface area contributed by atoms with Gasteiger partial charge in [0.25, 0.3) is 5.91 Å². The van der Waals surface area contributed by atoms with Crippen LogP contribution >= 0.6 is 11.6 Å². The number of oxazole rings is 1. The SMILES string of the molecule is Cc1ccc2nc(-c3ccc(Cl)c(NC(=O)c4ccccc4F)c3)oc2c1. The van der Waals surface area contributed by atoms with Crippen LogP contribution in [0.25, 0.3) is 22.6 Å². The number of aromatic nitrogens is 1. The lowest BCUT2D eigenvalue weighted by molar-refractivity contribution is 0.102. The molecular formula is C21H14ClFN2O2. The first kappa shape index (κ1) is 17.2. The van der Waals surface area contributed by atoms with E-state index >= 15 is 0 Å². The summed E-state index contributed by atoms with van der Waals surface area (Å²) < 4.78 is 19.6. The van der Waals surface area contributed by atoms with Gasteiger partial charge in [-0.2, -0.15) is 0 Å². The molecule has 4 rings (SSSR count). The molecule has 0 saturated carbocycles. The van der Waals surface area contributed by atoms with Crippen molar-refractivity contribution in [1.82, 2.24) is 4.98 Å². The second-order valence-corrected chi connectivity index (χ2v) is 6.53. The van der Waals surface area contributed by atoms with Crippen LogP contribution < -0.4 is 5.32 Å². The molecule has 4 nitrogen and oxygen atoms in total. The highest BCUT2D eigenvalue weighted by Crippen LogP contribution is 2.31. The van der Waals surface area contributed by atoms with Crippen molar-refractivity contribution in [2.45, 2.75) is 6.92 Å². The number of carbonyl (C=O) groups is 1. The molecule has 1 heterocycles. The summed E-state index contributed by atoms with van der Waals surface area (Å²) in [6.45, 7) is 1.97. The highest BCUT2D eigenvalue weighted by Gasteiger charge is 2.15. The predicted octanol–water partition coefficient (Wildman–Crippen LogP) is 5.85. The van der Waals surface area contributed by atoms with Crippen molar-refractivity contribution in [3.63, 3.8) is 0 Å². The second kappa shape index (κ2) is 6.85. The Bertz CT molecular complexity index is 1170. The minimum absolute atomic E-state index is 0.0590. The average molecular weight is 381 g/mol. The van der Waals surface area contributed by atoms with E-state index in [1.807, 2.05) is 25.1 Å². The fraction of sp³-hybridized carbons (Fsp3) is 0.0476. The van der Waals surface area contributed by atoms with Gasteiger partial charge in [0.05, 0.1) is 16.3 Å². The Balaban J connectivity index is 1.68. The van der Waals surface area contributed by atoms with Gasteiger partial charge in [-0.25, -0.2) is 9.37 Å². The van der Waals surface area contributed by atoms with E-state index in [4.69, 9.17) is 16.0 Å². The monoisotopic (exact) mass is 380 g/mol. The molecule has 0 saturated heterocycles. The molecule has 1 amide bonds. The lowest BCUT2D eigenvalue weighted by atomic mass is 10.1. The lowest BCUT2D eigenvalue weighted by Crippen LogP contribution is -2.14. The smallest absolute Gasteiger partial charge is 0.258 e. The maximum atomic E-state index is 13.8. The van der Waals surface area contributed by atoms with Gasteiger partial charge in [0.2, 0.25) is 5.89 Å². The van der Waals surface area contributed by atoms with Gasteiger partial charge < -0.3 is 9.73 Å². The first-order valence-corrected chi connectivity index (χ1v) is 8.62. The molecule has 0 aliphatic rings. The average Bonchev–Trinajstić information content (AvgIpc) is 3.07. The fourth-order valence-corrected chi connectivity index (χ4v) is 2.91. The number of benzene rings is 3. The van der Waals surface area contributed by atoms with E-state index in [-0.39, 0.29) is 5.56 Å². The Hall–Kier alpha value is -3.18. The van der Waals surface area contributed by atoms with Crippen molar-refractivity contribution in [2.24, 2.45) is 0 Å². The number of nitrogens with one attached hydrogen (secondary N) is 1. The van der Waals surface area contributed by atoms with Crippen LogP contribution in [0.1, 0.15) is 15.9 Å². The third-order valence-electron chi connectivity index (χ3n) is 4.12. The van der Waals surface area contributed by atoms with E-state index in [2.05, 4.69) is 10.3 Å². The van der Waals surface area contributed by atoms with Gasteiger partial charge in [0.1, 0.15) is 11.3 Å². The highest BCUT2D eigenvalue weighted by molar-refractivity contribution is 6.34. The van der Waals surface area contributed by atoms with Gasteiger partial charge in [-0.3, -0.25) is 4.79 Å². The zero-order valence-corrected chi connectivity index (χ0v) is 15.0. The molecule has 27 heavy (non-hydrogen) atoms. The summed E-state index contributed by atoms with van der Waals surface area (Å²) in [7, 11) is 0. The fourth-order valence-electron chi connectivity index (χ4n) is 2.74. The summed E-state index contributed by atoms with van der Waals surface area (Å²) in [5.74, 6) is -0.773. The number of hydrogen-bond donors (Lipinski definition) is 1. The van der Waals surface area contributed by atoms with Gasteiger partial charge in [-0.15, -0.1) is 0 Å². The third kappa shape index (κ3) is 3.41. The minimum Gasteiger partial charge on any atom is -0.436 e. The Morgan fingerprint density at radius 2 is 1.93 bits per heavy atom. The molecule has 6 heteroatoms. The normalized spacial score (nSPS) is 10.9. The maximum absolute atomic E-state index is 13.8. The molecule has 4 aromatic rings. The number of fused-ring (bicyclic) bond motifs is 1. The van der Waals surface area contributed by atoms with E-state index in [0.717, 1.165) is 11.1 Å². The lowest BCUT2D eigenvalue weighted by Gasteiger charge is -2.09. The molecular weight excluding hydrogens is 367 g/mol. The van der Waals surface area contributed by atoms with Gasteiger partial charge in [0, 0.05) is 5.56 Å². The summed E-state index contributed by atoms with van der Waals surface area (Å²) in [5.41, 5.74) is 3.42. The Morgan fingerprint density at radius 1 is 1.11 bits per heavy atom. The quantitative estimate of drug-likeness (QED) is 0.485. The van der Waals surface area contributed by atoms with Crippen LogP contribution in [-0.2, 0) is 0 Å². The molecule has 134 valence electrons. The molecule has 0 spiro atoms. The zero-order valence-electron chi connectivity index (χ0n) is 14.3. The molecule has 1 aromatic heterocycles. The van der Waals surface area contributed by atoms with Crippen LogP contribution in [0.5, 0.6) is 0 Å². The molecule has 0 aliphatic carbocycles. The number of carbonyl (C=O) groups excluding carboxylic acids is 1. The number of nitrogens with zero attached hydrogens (tertiary/aromatic N) is 1. The predicted molar refractivity (Wildman–Crippen MR) is 104 cm³/mol. The summed E-state index contributed by atoms with van der Waals surface area (Å²) >= 11 is 6.19. The Morgan fingerprint density at radius 3 is 2.74 bits per heavy atom. The van der Waals surface area contributed by atoms with E-state index in [0.29, 0.717) is 27.7 Å². The number of hydrogen-bond acceptors (Lipinski definition) is 3. The van der Waals surface area contributed by atoms with Crippen molar-refractivity contribution < 1.29 is 13.6 Å². The van der Waals surface area contributed by atoms with E-state index in [1.54, 1.807) is 24.3 Å². The number of amides is 1. The van der Waals surface area contributed by atoms with Crippen molar-refractivity contribution in [3.05, 3.63) is 82.6 Å². The topological polar surface area (TPSA) is 55.1 Å². The zero-order chi connectivity index (χ0) is 19.0. The van der Waals surface area contributed by atoms with Gasteiger partial charge in [-0.05, 0) is 55.0 Å². The maximum Gasteiger partial charge on any atom is 0.258 e. The standard InChI is InChI=1S/C21H14ClFN2O2/c1-12-6-9-17-19(10-12)27-21(25-17)13-7-8-15(22)18(11-13)24-20(26)14-4-2-3-5-16(14)23/h2-11H,1H3,(H,24,26). The van der Waals surface area contributed by atoms with Crippen molar-refractivity contribution in [1.29, 1.82) is 0 Å². The van der Waals surface area contributed by atoms with Crippen LogP contribution in [0.2, 0.25) is 5.02 Å². The van der Waals surface area contributed by atoms with Crippen LogP contribution in [-0.4, -0.2) is 10.9 Å². The van der Waals surface area contributed by atoms with Gasteiger partial charge in [0.15, 0.2) is 5.58 Å². The number of rotatable bonds is 3. The van der Waals surface area contributed by atoms with E-state index < -0.39 is 11.7 Å². The van der Waals surface area contributed by atoms with Crippen LogP contribution in [0.4, 0.5) is 10.1 Å². The highest BCUT2D eigenvalue weighted by atomic mass is 35.5. The van der Waals surface area contributed by atoms with E-state index in [1.165, 1.54) is 18.2 Å². The van der Waals surface area contributed by atoms with Gasteiger partial charge in [-0.1, -0.05) is 29.8 Å². The first-order valence-electron chi connectivity index (χ1n) is 8.24. The van der Waals surface area contributed by atoms with Crippen molar-refractivity contribution in [3.8, 4) is 11.5 Å². The summed E-state index contributed by atoms with van der Waals surface area (Å²) in [6.07, 6.45) is 0. The largest absolute Gasteiger partial charge is 0.436 e. The van der Waals surface area contributed by atoms with Crippen LogP contribution in [0.3, 0.4) is 0 Å². The van der Waals surface area contributed by atoms with Crippen LogP contribution in [0, 0.1) is 12.7 Å². The second-order valence-electron chi connectivity index (χ2n) is 6.12. The van der Waals surface area contributed by atoms with Crippen LogP contribution in [0.15, 0.2) is 65.1 Å².